The van der Waals surface area contributed by atoms with Gasteiger partial charge in [0.1, 0.15) is 12.3 Å². The van der Waals surface area contributed by atoms with Crippen LogP contribution < -0.4 is 4.74 Å². The van der Waals surface area contributed by atoms with Crippen LogP contribution in [0.1, 0.15) is 0 Å². The van der Waals surface area contributed by atoms with Gasteiger partial charge in [-0.3, -0.25) is 0 Å². The van der Waals surface area contributed by atoms with Gasteiger partial charge < -0.3 is 4.74 Å². The van der Waals surface area contributed by atoms with Crippen molar-refractivity contribution in [2.45, 2.75) is 4.90 Å². The molecular formula is C7H7O3PS2. The minimum atomic E-state index is -3.29. The molecule has 0 radical (unpaired) electrons. The first-order valence-electron chi connectivity index (χ1n) is 3.34. The van der Waals surface area contributed by atoms with Gasteiger partial charge in [-0.05, 0) is 36.1 Å². The number of hydrogen-bond donors (Lipinski definition) is 0. The Bertz CT molecular complexity index is 396. The molecule has 70 valence electrons. The maximum absolute atomic E-state index is 11.2. The summed E-state index contributed by atoms with van der Waals surface area (Å²) in [6.07, 6.45) is 0. The van der Waals surface area contributed by atoms with E-state index in [1.165, 1.54) is 19.2 Å². The molecule has 6 heteroatoms. The van der Waals surface area contributed by atoms with E-state index < -0.39 is 9.46 Å². The Labute approximate surface area is 83.2 Å². The highest BCUT2D eigenvalue weighted by molar-refractivity contribution is 8.53. The molecule has 0 atom stereocenters. The molecule has 3 nitrogen and oxygen atoms in total. The van der Waals surface area contributed by atoms with Crippen molar-refractivity contribution in [1.29, 1.82) is 0 Å². The van der Waals surface area contributed by atoms with E-state index in [9.17, 15) is 8.42 Å². The molecule has 13 heavy (non-hydrogen) atoms. The second-order valence-corrected chi connectivity index (χ2v) is 7.03. The van der Waals surface area contributed by atoms with Gasteiger partial charge in [0.05, 0.1) is 12.0 Å². The van der Waals surface area contributed by atoms with Gasteiger partial charge >= 0.3 is 0 Å². The lowest BCUT2D eigenvalue weighted by Gasteiger charge is -2.00. The molecule has 0 aromatic heterocycles. The van der Waals surface area contributed by atoms with Crippen LogP contribution in [0.2, 0.25) is 0 Å². The summed E-state index contributed by atoms with van der Waals surface area (Å²) >= 11 is 4.48. The van der Waals surface area contributed by atoms with Crippen LogP contribution in [0.3, 0.4) is 0 Å². The van der Waals surface area contributed by atoms with E-state index in [0.717, 1.165) is 0 Å². The molecule has 0 bridgehead atoms. The molecular weight excluding hydrogens is 227 g/mol. The zero-order valence-electron chi connectivity index (χ0n) is 6.80. The second-order valence-electron chi connectivity index (χ2n) is 2.23. The first-order chi connectivity index (χ1) is 6.10. The van der Waals surface area contributed by atoms with E-state index in [4.69, 9.17) is 4.74 Å². The standard InChI is InChI=1S/C7H7O3PS2/c1-10-6-2-4-7(5-3-6)13(8,9)11-12/h2-5H,1H3. The molecule has 0 unspecified atom stereocenters. The monoisotopic (exact) mass is 234 g/mol. The lowest BCUT2D eigenvalue weighted by atomic mass is 10.3. The summed E-state index contributed by atoms with van der Waals surface area (Å²) < 4.78 is 27.4. The minimum Gasteiger partial charge on any atom is -0.497 e. The summed E-state index contributed by atoms with van der Waals surface area (Å²) in [7, 11) is -1.77. The van der Waals surface area contributed by atoms with Gasteiger partial charge in [0.15, 0.2) is 0 Å². The van der Waals surface area contributed by atoms with Crippen molar-refractivity contribution in [3.8, 4) is 5.75 Å². The third-order valence-corrected chi connectivity index (χ3v) is 5.51. The lowest BCUT2D eigenvalue weighted by Crippen LogP contribution is -1.90. The largest absolute Gasteiger partial charge is 0.497 e. The summed E-state index contributed by atoms with van der Waals surface area (Å²) in [5.41, 5.74) is 0. The van der Waals surface area contributed by atoms with Crippen molar-refractivity contribution in [2.75, 3.05) is 7.11 Å². The van der Waals surface area contributed by atoms with Crippen molar-refractivity contribution in [3.05, 3.63) is 24.3 Å². The van der Waals surface area contributed by atoms with E-state index in [-0.39, 0.29) is 11.5 Å². The van der Waals surface area contributed by atoms with Gasteiger partial charge in [-0.1, -0.05) is 0 Å². The first kappa shape index (κ1) is 10.6. The highest BCUT2D eigenvalue weighted by Crippen LogP contribution is 2.23. The van der Waals surface area contributed by atoms with Gasteiger partial charge in [-0.25, -0.2) is 8.42 Å². The summed E-state index contributed by atoms with van der Waals surface area (Å²) in [5, 5.41) is 0. The zero-order chi connectivity index (χ0) is 9.90. The summed E-state index contributed by atoms with van der Waals surface area (Å²) in [5.74, 6) is 0.625. The molecule has 0 amide bonds. The van der Waals surface area contributed by atoms with E-state index in [1.54, 1.807) is 12.1 Å². The lowest BCUT2D eigenvalue weighted by molar-refractivity contribution is 0.414. The normalized spacial score (nSPS) is 11.5. The maximum Gasteiger partial charge on any atom is 0.231 e. The molecule has 0 aliphatic carbocycles. The molecule has 0 fully saturated rings. The Balaban J connectivity index is 3.13. The van der Waals surface area contributed by atoms with E-state index >= 15 is 0 Å². The predicted molar refractivity (Wildman–Crippen MR) is 54.5 cm³/mol. The first-order valence-corrected chi connectivity index (χ1v) is 7.33. The average molecular weight is 234 g/mol. The van der Waals surface area contributed by atoms with Gasteiger partial charge in [0.2, 0.25) is 9.46 Å². The molecule has 0 N–H and O–H groups in total. The van der Waals surface area contributed by atoms with Crippen LogP contribution in [-0.4, -0.2) is 15.5 Å². The van der Waals surface area contributed by atoms with Gasteiger partial charge in [-0.15, -0.1) is 0 Å². The van der Waals surface area contributed by atoms with Gasteiger partial charge in [-0.2, -0.15) is 0 Å². The molecule has 1 rings (SSSR count). The molecule has 0 saturated heterocycles. The summed E-state index contributed by atoms with van der Waals surface area (Å²) in [4.78, 5) is 0.227. The van der Waals surface area contributed by atoms with E-state index in [1.807, 2.05) is 0 Å². The fraction of sp³-hybridized carbons (Fsp3) is 0.143. The van der Waals surface area contributed by atoms with Crippen LogP contribution in [-0.2, 0) is 21.3 Å². The number of hydrogen-bond acceptors (Lipinski definition) is 4. The SMILES string of the molecule is COc1ccc(S(=O)(=O)P=S)cc1. The van der Waals surface area contributed by atoms with Crippen LogP contribution in [0.5, 0.6) is 5.75 Å². The van der Waals surface area contributed by atoms with Crippen molar-refractivity contribution in [2.24, 2.45) is 0 Å². The Morgan fingerprint density at radius 3 is 2.23 bits per heavy atom. The molecule has 1 aromatic carbocycles. The predicted octanol–water partition coefficient (Wildman–Crippen LogP) is 1.79. The topological polar surface area (TPSA) is 43.4 Å². The van der Waals surface area contributed by atoms with Crippen LogP contribution in [0.4, 0.5) is 0 Å². The smallest absolute Gasteiger partial charge is 0.231 e. The quantitative estimate of drug-likeness (QED) is 0.748. The Hall–Kier alpha value is -0.510. The number of benzene rings is 1. The second kappa shape index (κ2) is 4.13. The molecule has 0 heterocycles. The molecule has 0 spiro atoms. The van der Waals surface area contributed by atoms with Crippen molar-refractivity contribution in [3.63, 3.8) is 0 Å². The molecule has 0 aliphatic heterocycles. The maximum atomic E-state index is 11.2. The highest BCUT2D eigenvalue weighted by Gasteiger charge is 2.10. The molecule has 0 aliphatic rings. The number of ether oxygens (including phenoxy) is 1. The van der Waals surface area contributed by atoms with Crippen LogP contribution >= 0.6 is 6.56 Å². The fourth-order valence-electron chi connectivity index (χ4n) is 0.791. The summed E-state index contributed by atoms with van der Waals surface area (Å²) in [6.45, 7) is -0.0588. The van der Waals surface area contributed by atoms with Crippen molar-refractivity contribution < 1.29 is 13.2 Å². The minimum absolute atomic E-state index is 0.0588. The fourth-order valence-corrected chi connectivity index (χ4v) is 2.75. The highest BCUT2D eigenvalue weighted by atomic mass is 32.9. The van der Waals surface area contributed by atoms with Gasteiger partial charge in [0.25, 0.3) is 0 Å². The van der Waals surface area contributed by atoms with Crippen LogP contribution in [0.15, 0.2) is 29.2 Å². The Morgan fingerprint density at radius 2 is 1.85 bits per heavy atom. The van der Waals surface area contributed by atoms with Crippen molar-refractivity contribution in [1.82, 2.24) is 0 Å². The van der Waals surface area contributed by atoms with Crippen LogP contribution in [0.25, 0.3) is 0 Å². The molecule has 1 aromatic rings. The van der Waals surface area contributed by atoms with Crippen molar-refractivity contribution >= 4 is 27.8 Å². The summed E-state index contributed by atoms with van der Waals surface area (Å²) in [6, 6.07) is 6.14. The van der Waals surface area contributed by atoms with Crippen LogP contribution in [0, 0.1) is 0 Å². The van der Waals surface area contributed by atoms with E-state index in [0.29, 0.717) is 5.75 Å². The number of rotatable bonds is 3. The third kappa shape index (κ3) is 2.46. The average Bonchev–Trinajstić information content (AvgIpc) is 2.18. The van der Waals surface area contributed by atoms with Gasteiger partial charge in [0, 0.05) is 0 Å². The Kier molecular flexibility index (Phi) is 3.36. The zero-order valence-corrected chi connectivity index (χ0v) is 9.33. The molecule has 0 saturated carbocycles. The third-order valence-electron chi connectivity index (χ3n) is 1.46. The Morgan fingerprint density at radius 1 is 1.31 bits per heavy atom. The van der Waals surface area contributed by atoms with E-state index in [2.05, 4.69) is 11.8 Å². The number of methoxy groups -OCH3 is 1.